The molecule has 0 fully saturated rings. The molecule has 0 heterocycles. The van der Waals surface area contributed by atoms with Crippen LogP contribution in [0.15, 0.2) is 24.3 Å². The van der Waals surface area contributed by atoms with Crippen molar-refractivity contribution in [2.45, 2.75) is 220 Å². The Hall–Kier alpha value is -1.90. The summed E-state index contributed by atoms with van der Waals surface area (Å²) >= 11 is 0. The molecule has 54 heavy (non-hydrogen) atoms. The summed E-state index contributed by atoms with van der Waals surface area (Å²) < 4.78 is 23.5. The maximum absolute atomic E-state index is 12.8. The van der Waals surface area contributed by atoms with Gasteiger partial charge in [-0.3, -0.25) is 0 Å². The van der Waals surface area contributed by atoms with Crippen LogP contribution in [0.3, 0.4) is 0 Å². The molecule has 0 aromatic heterocycles. The average Bonchev–Trinajstić information content (AvgIpc) is 3.16. The standard InChI is InChI=1S/C46H87NO7/c1-6-11-14-17-18-19-20-21-22-23-24-25-26-27-28-31-36-43(54-45(50)51-40-35-39-47(9-4)10-5)37-34-38-46(44(48)49,52-41-32-29-15-12-7-2)53-42-33-30-16-13-8-3/h18-19,21-22,43H,6-17,20,23-42H2,1-5H3,(H,48,49). The molecule has 8 heteroatoms. The summed E-state index contributed by atoms with van der Waals surface area (Å²) in [6.45, 7) is 14.7. The van der Waals surface area contributed by atoms with Gasteiger partial charge in [-0.25, -0.2) is 9.59 Å². The summed E-state index contributed by atoms with van der Waals surface area (Å²) in [5.74, 6) is -2.75. The highest BCUT2D eigenvalue weighted by Crippen LogP contribution is 2.26. The number of carbonyl (C=O) groups is 2. The van der Waals surface area contributed by atoms with E-state index in [2.05, 4.69) is 63.8 Å². The average molecular weight is 766 g/mol. The van der Waals surface area contributed by atoms with Gasteiger partial charge in [-0.1, -0.05) is 149 Å². The minimum absolute atomic E-state index is 0.217. The van der Waals surface area contributed by atoms with Crippen molar-refractivity contribution in [3.05, 3.63) is 24.3 Å². The Kier molecular flexibility index (Phi) is 38.0. The fourth-order valence-electron chi connectivity index (χ4n) is 6.64. The molecule has 1 unspecified atom stereocenters. The lowest BCUT2D eigenvalue weighted by Crippen LogP contribution is -2.45. The molecule has 1 atom stereocenters. The first-order valence-electron chi connectivity index (χ1n) is 22.8. The van der Waals surface area contributed by atoms with Gasteiger partial charge in [-0.15, -0.1) is 0 Å². The number of allylic oxidation sites excluding steroid dienone is 4. The van der Waals surface area contributed by atoms with Crippen molar-refractivity contribution < 1.29 is 33.6 Å². The van der Waals surface area contributed by atoms with Crippen LogP contribution in [0, 0.1) is 0 Å². The quantitative estimate of drug-likeness (QED) is 0.0284. The normalized spacial score (nSPS) is 12.7. The first-order chi connectivity index (χ1) is 26.4. The van der Waals surface area contributed by atoms with Gasteiger partial charge in [0, 0.05) is 13.0 Å². The van der Waals surface area contributed by atoms with E-state index in [-0.39, 0.29) is 12.5 Å². The predicted molar refractivity (Wildman–Crippen MR) is 226 cm³/mol. The van der Waals surface area contributed by atoms with Crippen LogP contribution in [0.4, 0.5) is 4.79 Å². The zero-order chi connectivity index (χ0) is 39.8. The summed E-state index contributed by atoms with van der Waals surface area (Å²) in [5.41, 5.74) is 0. The maximum atomic E-state index is 12.8. The van der Waals surface area contributed by atoms with Gasteiger partial charge in [0.25, 0.3) is 5.79 Å². The number of carbonyl (C=O) groups excluding carboxylic acids is 1. The number of aliphatic carboxylic acids is 1. The van der Waals surface area contributed by atoms with Gasteiger partial charge in [0.05, 0.1) is 19.8 Å². The van der Waals surface area contributed by atoms with E-state index in [1.165, 1.54) is 57.8 Å². The van der Waals surface area contributed by atoms with Crippen molar-refractivity contribution in [1.82, 2.24) is 4.90 Å². The van der Waals surface area contributed by atoms with E-state index in [0.29, 0.717) is 32.7 Å². The lowest BCUT2D eigenvalue weighted by molar-refractivity contribution is -0.248. The highest BCUT2D eigenvalue weighted by Gasteiger charge is 2.41. The van der Waals surface area contributed by atoms with E-state index < -0.39 is 17.9 Å². The molecule has 0 aliphatic rings. The molecule has 0 aromatic rings. The Morgan fingerprint density at radius 2 is 1.06 bits per heavy atom. The highest BCUT2D eigenvalue weighted by molar-refractivity contribution is 5.75. The summed E-state index contributed by atoms with van der Waals surface area (Å²) in [6, 6.07) is 0. The summed E-state index contributed by atoms with van der Waals surface area (Å²) in [5, 5.41) is 10.4. The van der Waals surface area contributed by atoms with Gasteiger partial charge < -0.3 is 29.0 Å². The van der Waals surface area contributed by atoms with Crippen molar-refractivity contribution in [3.8, 4) is 0 Å². The SMILES string of the molecule is CCCCCC=CCC=CCCCCCCCCC(CCCC(OCCCCCCC)(OCCCCCCC)C(=O)O)OC(=O)OCCCN(CC)CC. The Morgan fingerprint density at radius 1 is 0.574 bits per heavy atom. The van der Waals surface area contributed by atoms with Crippen LogP contribution in [0.5, 0.6) is 0 Å². The molecule has 1 N–H and O–H groups in total. The molecule has 0 aliphatic heterocycles. The zero-order valence-corrected chi connectivity index (χ0v) is 36.1. The molecule has 0 aromatic carbocycles. The molecule has 0 radical (unpaired) electrons. The molecule has 0 aliphatic carbocycles. The fourth-order valence-corrected chi connectivity index (χ4v) is 6.64. The van der Waals surface area contributed by atoms with E-state index in [4.69, 9.17) is 18.9 Å². The molecule has 318 valence electrons. The van der Waals surface area contributed by atoms with Gasteiger partial charge in [0.2, 0.25) is 0 Å². The van der Waals surface area contributed by atoms with Gasteiger partial charge in [-0.05, 0) is 90.1 Å². The number of hydrogen-bond donors (Lipinski definition) is 1. The number of carboxylic acid groups (broad SMARTS) is 1. The third-order valence-electron chi connectivity index (χ3n) is 10.2. The lowest BCUT2D eigenvalue weighted by atomic mass is 10.0. The zero-order valence-electron chi connectivity index (χ0n) is 36.1. The lowest BCUT2D eigenvalue weighted by Gasteiger charge is -2.30. The number of unbranched alkanes of at least 4 members (excludes halogenated alkanes) is 17. The van der Waals surface area contributed by atoms with Gasteiger partial charge in [-0.2, -0.15) is 0 Å². The molecule has 0 bridgehead atoms. The van der Waals surface area contributed by atoms with E-state index in [9.17, 15) is 14.7 Å². The fraction of sp³-hybridized carbons (Fsp3) is 0.870. The van der Waals surface area contributed by atoms with Gasteiger partial charge in [0.1, 0.15) is 6.10 Å². The largest absolute Gasteiger partial charge is 0.508 e. The smallest absolute Gasteiger partial charge is 0.477 e. The number of nitrogens with zero attached hydrogens (tertiary/aromatic N) is 1. The maximum Gasteiger partial charge on any atom is 0.508 e. The minimum Gasteiger partial charge on any atom is -0.477 e. The third kappa shape index (κ3) is 31.3. The topological polar surface area (TPSA) is 94.5 Å². The van der Waals surface area contributed by atoms with Crippen LogP contribution in [0.1, 0.15) is 208 Å². The third-order valence-corrected chi connectivity index (χ3v) is 10.2. The number of hydrogen-bond acceptors (Lipinski definition) is 7. The van der Waals surface area contributed by atoms with Crippen molar-refractivity contribution in [3.63, 3.8) is 0 Å². The predicted octanol–water partition coefficient (Wildman–Crippen LogP) is 13.4. The Labute approximate surface area is 333 Å². The second kappa shape index (κ2) is 39.3. The van der Waals surface area contributed by atoms with Crippen molar-refractivity contribution in [2.75, 3.05) is 39.5 Å². The number of carboxylic acids is 1. The van der Waals surface area contributed by atoms with Crippen LogP contribution < -0.4 is 0 Å². The van der Waals surface area contributed by atoms with Gasteiger partial charge >= 0.3 is 12.1 Å². The summed E-state index contributed by atoms with van der Waals surface area (Å²) in [4.78, 5) is 27.8. The van der Waals surface area contributed by atoms with E-state index >= 15 is 0 Å². The van der Waals surface area contributed by atoms with Crippen LogP contribution in [-0.2, 0) is 23.7 Å². The molecule has 8 nitrogen and oxygen atoms in total. The Balaban J connectivity index is 5.06. The molecular weight excluding hydrogens is 679 g/mol. The minimum atomic E-state index is -1.68. The van der Waals surface area contributed by atoms with E-state index in [1.54, 1.807) is 0 Å². The highest BCUT2D eigenvalue weighted by atomic mass is 16.7. The van der Waals surface area contributed by atoms with Crippen LogP contribution in [0.25, 0.3) is 0 Å². The second-order valence-electron chi connectivity index (χ2n) is 15.1. The second-order valence-corrected chi connectivity index (χ2v) is 15.1. The Morgan fingerprint density at radius 3 is 1.61 bits per heavy atom. The molecule has 0 spiro atoms. The molecule has 0 saturated heterocycles. The van der Waals surface area contributed by atoms with E-state index in [1.807, 2.05) is 0 Å². The van der Waals surface area contributed by atoms with Crippen LogP contribution in [0.2, 0.25) is 0 Å². The van der Waals surface area contributed by atoms with Crippen LogP contribution in [-0.4, -0.2) is 73.5 Å². The first-order valence-corrected chi connectivity index (χ1v) is 22.8. The number of ether oxygens (including phenoxy) is 4. The number of rotatable bonds is 41. The first kappa shape index (κ1) is 52.1. The summed E-state index contributed by atoms with van der Waals surface area (Å²) in [6.07, 6.45) is 35.7. The van der Waals surface area contributed by atoms with E-state index in [0.717, 1.165) is 116 Å². The Bertz CT molecular complexity index is 872. The van der Waals surface area contributed by atoms with Gasteiger partial charge in [0.15, 0.2) is 0 Å². The molecule has 0 rings (SSSR count). The summed E-state index contributed by atoms with van der Waals surface area (Å²) in [7, 11) is 0. The molecule has 0 saturated carbocycles. The molecule has 0 amide bonds. The van der Waals surface area contributed by atoms with Crippen molar-refractivity contribution >= 4 is 12.1 Å². The molecular formula is C46H87NO7. The monoisotopic (exact) mass is 766 g/mol. The van der Waals surface area contributed by atoms with Crippen LogP contribution >= 0.6 is 0 Å². The van der Waals surface area contributed by atoms with Crippen molar-refractivity contribution in [2.24, 2.45) is 0 Å². The van der Waals surface area contributed by atoms with Crippen molar-refractivity contribution in [1.29, 1.82) is 0 Å².